The van der Waals surface area contributed by atoms with E-state index in [1.807, 2.05) is 0 Å². The second-order valence-electron chi connectivity index (χ2n) is 16.1. The number of aliphatic hydroxyl groups is 5. The van der Waals surface area contributed by atoms with Crippen molar-refractivity contribution in [2.75, 3.05) is 13.2 Å². The maximum absolute atomic E-state index is 11.4. The number of fused-ring (bicyclic) bond motifs is 7. The van der Waals surface area contributed by atoms with Crippen LogP contribution in [0.5, 0.6) is 0 Å². The molecule has 0 aromatic rings. The van der Waals surface area contributed by atoms with Gasteiger partial charge in [0.05, 0.1) is 31.5 Å². The highest BCUT2D eigenvalue weighted by molar-refractivity contribution is 5.16. The molecular formula is C33H54O9. The molecular weight excluding hydrogens is 540 g/mol. The smallest absolute Gasteiger partial charge is 0.187 e. The van der Waals surface area contributed by atoms with Gasteiger partial charge in [0, 0.05) is 12.3 Å². The lowest BCUT2D eigenvalue weighted by molar-refractivity contribution is -0.324. The summed E-state index contributed by atoms with van der Waals surface area (Å²) in [5.41, 5.74) is 0.263. The highest BCUT2D eigenvalue weighted by Gasteiger charge is 2.69. The molecule has 7 fully saturated rings. The number of ether oxygens (including phenoxy) is 4. The summed E-state index contributed by atoms with van der Waals surface area (Å²) in [5, 5.41) is 51.9. The third-order valence-electron chi connectivity index (χ3n) is 14.1. The molecule has 18 atom stereocenters. The van der Waals surface area contributed by atoms with Gasteiger partial charge in [0.15, 0.2) is 12.1 Å². The van der Waals surface area contributed by atoms with Gasteiger partial charge in [-0.05, 0) is 97.7 Å². The predicted molar refractivity (Wildman–Crippen MR) is 152 cm³/mol. The van der Waals surface area contributed by atoms with Crippen molar-refractivity contribution in [3.63, 3.8) is 0 Å². The van der Waals surface area contributed by atoms with Gasteiger partial charge in [-0.25, -0.2) is 0 Å². The Balaban J connectivity index is 1.05. The van der Waals surface area contributed by atoms with E-state index in [0.29, 0.717) is 54.3 Å². The fraction of sp³-hybridized carbons (Fsp3) is 1.00. The molecule has 7 aliphatic rings. The van der Waals surface area contributed by atoms with Gasteiger partial charge in [0.1, 0.15) is 24.4 Å². The SMILES string of the molecule is C[C@@H]1CC[C@@]2(OC1)O[C@H]1C[C@H]3[C@@H]4CC[C@H]5C[C@@H](O[C@@H]6O[C@H](CO)[C@H](O)[C@H](O)[C@H]6O)[C@H](O)C[C@]5(C)[C@H]4CC[C@]3(C)[C@H]1[C@@H]2C. The van der Waals surface area contributed by atoms with E-state index in [-0.39, 0.29) is 22.7 Å². The van der Waals surface area contributed by atoms with Crippen LogP contribution in [0.25, 0.3) is 0 Å². The summed E-state index contributed by atoms with van der Waals surface area (Å²) in [7, 11) is 0. The standard InChI is InChI=1S/C33H54O9/c1-16-7-10-33(39-15-16)17(2)26-24(42-33)12-21-19-6-5-18-11-23(40-30-29(38)28(37)27(36)25(14-34)41-30)22(35)13-32(18,4)20(19)8-9-31(21,26)3/h16-30,34-38H,5-15H2,1-4H3/t16-,17+,18+,19-,20+,21+,22-,23-,24+,25-,26+,27+,28+,29-,30-,31+,32+,33-/m1/s1. The summed E-state index contributed by atoms with van der Waals surface area (Å²) in [4.78, 5) is 0. The summed E-state index contributed by atoms with van der Waals surface area (Å²) >= 11 is 0. The molecule has 3 aliphatic heterocycles. The molecule has 9 heteroatoms. The Bertz CT molecular complexity index is 1000. The highest BCUT2D eigenvalue weighted by atomic mass is 16.7. The lowest BCUT2D eigenvalue weighted by atomic mass is 9.44. The lowest BCUT2D eigenvalue weighted by Crippen LogP contribution is -2.61. The van der Waals surface area contributed by atoms with Crippen molar-refractivity contribution in [3.8, 4) is 0 Å². The summed E-state index contributed by atoms with van der Waals surface area (Å²) in [6, 6.07) is 0. The number of hydrogen-bond donors (Lipinski definition) is 5. The zero-order valence-corrected chi connectivity index (χ0v) is 25.8. The molecule has 0 radical (unpaired) electrons. The lowest BCUT2D eigenvalue weighted by Gasteiger charge is -2.62. The van der Waals surface area contributed by atoms with Crippen molar-refractivity contribution in [1.29, 1.82) is 0 Å². The van der Waals surface area contributed by atoms with E-state index in [2.05, 4.69) is 27.7 Å². The molecule has 9 nitrogen and oxygen atoms in total. The first kappa shape index (κ1) is 30.3. The normalized spacial score (nSPS) is 60.9. The van der Waals surface area contributed by atoms with Gasteiger partial charge in [0.25, 0.3) is 0 Å². The molecule has 5 N–H and O–H groups in total. The van der Waals surface area contributed by atoms with Gasteiger partial charge in [-0.1, -0.05) is 27.7 Å². The minimum Gasteiger partial charge on any atom is -0.394 e. The Morgan fingerprint density at radius 1 is 0.857 bits per heavy atom. The molecule has 3 saturated heterocycles. The molecule has 7 rings (SSSR count). The summed E-state index contributed by atoms with van der Waals surface area (Å²) in [5.74, 6) is 3.36. The van der Waals surface area contributed by atoms with E-state index in [4.69, 9.17) is 18.9 Å². The summed E-state index contributed by atoms with van der Waals surface area (Å²) < 4.78 is 25.1. The monoisotopic (exact) mass is 594 g/mol. The zero-order chi connectivity index (χ0) is 29.8. The van der Waals surface area contributed by atoms with Crippen molar-refractivity contribution in [2.24, 2.45) is 52.3 Å². The van der Waals surface area contributed by atoms with Crippen LogP contribution in [0.3, 0.4) is 0 Å². The molecule has 4 aliphatic carbocycles. The van der Waals surface area contributed by atoms with Gasteiger partial charge in [0.2, 0.25) is 0 Å². The van der Waals surface area contributed by atoms with Crippen molar-refractivity contribution in [3.05, 3.63) is 0 Å². The first-order valence-electron chi connectivity index (χ1n) is 16.9. The Hall–Kier alpha value is -0.360. The molecule has 42 heavy (non-hydrogen) atoms. The third-order valence-corrected chi connectivity index (χ3v) is 14.1. The summed E-state index contributed by atoms with van der Waals surface area (Å²) in [6.07, 6.45) is 1.68. The van der Waals surface area contributed by atoms with Crippen LogP contribution < -0.4 is 0 Å². The third kappa shape index (κ3) is 4.35. The minimum absolute atomic E-state index is 0.00686. The largest absolute Gasteiger partial charge is 0.394 e. The molecule has 4 saturated carbocycles. The molecule has 240 valence electrons. The van der Waals surface area contributed by atoms with Gasteiger partial charge in [-0.15, -0.1) is 0 Å². The first-order valence-corrected chi connectivity index (χ1v) is 16.9. The van der Waals surface area contributed by atoms with Crippen molar-refractivity contribution in [2.45, 2.75) is 140 Å². The van der Waals surface area contributed by atoms with E-state index in [1.165, 1.54) is 25.7 Å². The Kier molecular flexibility index (Phi) is 7.64. The maximum Gasteiger partial charge on any atom is 0.187 e. The molecule has 0 bridgehead atoms. The first-order chi connectivity index (χ1) is 19.9. The van der Waals surface area contributed by atoms with E-state index >= 15 is 0 Å². The fourth-order valence-corrected chi connectivity index (χ4v) is 11.8. The van der Waals surface area contributed by atoms with Gasteiger partial charge in [-0.3, -0.25) is 0 Å². The Morgan fingerprint density at radius 2 is 1.64 bits per heavy atom. The van der Waals surface area contributed by atoms with Crippen LogP contribution in [0, 0.1) is 52.3 Å². The van der Waals surface area contributed by atoms with Crippen molar-refractivity contribution in [1.82, 2.24) is 0 Å². The molecule has 1 spiro atoms. The van der Waals surface area contributed by atoms with Crippen LogP contribution >= 0.6 is 0 Å². The average molecular weight is 595 g/mol. The van der Waals surface area contributed by atoms with Crippen molar-refractivity contribution < 1.29 is 44.5 Å². The molecule has 0 aromatic carbocycles. The van der Waals surface area contributed by atoms with Crippen LogP contribution in [0.2, 0.25) is 0 Å². The summed E-state index contributed by atoms with van der Waals surface area (Å²) in [6.45, 7) is 9.92. The van der Waals surface area contributed by atoms with Gasteiger partial charge in [-0.2, -0.15) is 0 Å². The molecule has 0 unspecified atom stereocenters. The van der Waals surface area contributed by atoms with Crippen molar-refractivity contribution >= 4 is 0 Å². The van der Waals surface area contributed by atoms with Crippen LogP contribution in [-0.2, 0) is 18.9 Å². The molecule has 0 amide bonds. The number of hydrogen-bond acceptors (Lipinski definition) is 9. The zero-order valence-electron chi connectivity index (χ0n) is 25.8. The van der Waals surface area contributed by atoms with Crippen LogP contribution in [0.4, 0.5) is 0 Å². The van der Waals surface area contributed by atoms with Crippen LogP contribution in [0.15, 0.2) is 0 Å². The van der Waals surface area contributed by atoms with E-state index in [1.54, 1.807) is 0 Å². The number of aliphatic hydroxyl groups excluding tert-OH is 5. The average Bonchev–Trinajstić information content (AvgIpc) is 3.40. The second kappa shape index (κ2) is 10.6. The second-order valence-corrected chi connectivity index (χ2v) is 16.1. The minimum atomic E-state index is -1.49. The van der Waals surface area contributed by atoms with E-state index in [9.17, 15) is 25.5 Å². The Morgan fingerprint density at radius 3 is 2.36 bits per heavy atom. The topological polar surface area (TPSA) is 138 Å². The van der Waals surface area contributed by atoms with Gasteiger partial charge >= 0.3 is 0 Å². The predicted octanol–water partition coefficient (Wildman–Crippen LogP) is 2.59. The van der Waals surface area contributed by atoms with Gasteiger partial charge < -0.3 is 44.5 Å². The van der Waals surface area contributed by atoms with E-state index < -0.39 is 49.5 Å². The fourth-order valence-electron chi connectivity index (χ4n) is 11.8. The number of rotatable bonds is 3. The maximum atomic E-state index is 11.4. The molecule has 3 heterocycles. The van der Waals surface area contributed by atoms with E-state index in [0.717, 1.165) is 25.9 Å². The van der Waals surface area contributed by atoms with Crippen LogP contribution in [-0.4, -0.2) is 93.6 Å². The quantitative estimate of drug-likeness (QED) is 0.312. The van der Waals surface area contributed by atoms with Crippen LogP contribution in [0.1, 0.15) is 85.5 Å². The highest BCUT2D eigenvalue weighted by Crippen LogP contribution is 2.71. The Labute approximate surface area is 250 Å². The molecule has 0 aromatic heterocycles.